The molecule has 1 aromatic carbocycles. The average molecular weight is 266 g/mol. The molecule has 0 fully saturated rings. The molecule has 0 aliphatic heterocycles. The maximum Gasteiger partial charge on any atom is 0.225 e. The predicted octanol–water partition coefficient (Wildman–Crippen LogP) is 2.90. The molecule has 0 unspecified atom stereocenters. The molecule has 0 radical (unpaired) electrons. The fourth-order valence-electron chi connectivity index (χ4n) is 1.39. The van der Waals surface area contributed by atoms with Gasteiger partial charge in [-0.1, -0.05) is 23.7 Å². The Balaban J connectivity index is 2.27. The zero-order valence-electron chi connectivity index (χ0n) is 9.76. The molecule has 0 saturated heterocycles. The van der Waals surface area contributed by atoms with E-state index in [1.165, 1.54) is 6.07 Å². The van der Waals surface area contributed by atoms with Crippen molar-refractivity contribution in [2.24, 2.45) is 0 Å². The summed E-state index contributed by atoms with van der Waals surface area (Å²) < 4.78 is 11.0. The van der Waals surface area contributed by atoms with E-state index in [0.717, 1.165) is 0 Å². The number of para-hydroxylation sites is 2. The minimum absolute atomic E-state index is 0.0615. The Bertz CT molecular complexity index is 528. The number of nitrogens with zero attached hydrogens (tertiary/aromatic N) is 2. The van der Waals surface area contributed by atoms with E-state index in [1.807, 2.05) is 25.1 Å². The van der Waals surface area contributed by atoms with E-state index >= 15 is 0 Å². The number of nitrogens with two attached hydrogens (primary N) is 1. The fraction of sp³-hybridized carbons (Fsp3) is 0.167. The Labute approximate surface area is 110 Å². The maximum atomic E-state index is 5.77. The van der Waals surface area contributed by atoms with Gasteiger partial charge in [0.1, 0.15) is 5.15 Å². The molecule has 0 spiro atoms. The van der Waals surface area contributed by atoms with Gasteiger partial charge in [0.15, 0.2) is 11.5 Å². The molecular formula is C12H12ClN3O2. The van der Waals surface area contributed by atoms with Crippen LogP contribution in [0, 0.1) is 0 Å². The summed E-state index contributed by atoms with van der Waals surface area (Å²) in [5, 5.41) is 0.228. The third-order valence-corrected chi connectivity index (χ3v) is 2.25. The van der Waals surface area contributed by atoms with Gasteiger partial charge in [-0.15, -0.1) is 0 Å². The number of hydrogen-bond donors (Lipinski definition) is 1. The summed E-state index contributed by atoms with van der Waals surface area (Å²) in [4.78, 5) is 7.69. The lowest BCUT2D eigenvalue weighted by Gasteiger charge is -2.10. The first-order valence-corrected chi connectivity index (χ1v) is 5.76. The van der Waals surface area contributed by atoms with Gasteiger partial charge in [-0.25, -0.2) is 4.98 Å². The minimum atomic E-state index is 0.0615. The van der Waals surface area contributed by atoms with Gasteiger partial charge in [0.25, 0.3) is 0 Å². The molecule has 94 valence electrons. The largest absolute Gasteiger partial charge is 0.490 e. The summed E-state index contributed by atoms with van der Waals surface area (Å²) in [5.41, 5.74) is 5.49. The number of aromatic nitrogens is 2. The van der Waals surface area contributed by atoms with Gasteiger partial charge in [-0.05, 0) is 19.1 Å². The van der Waals surface area contributed by atoms with Gasteiger partial charge in [-0.3, -0.25) is 0 Å². The van der Waals surface area contributed by atoms with Crippen LogP contribution < -0.4 is 15.2 Å². The second-order valence-corrected chi connectivity index (χ2v) is 3.76. The SMILES string of the molecule is CCOc1ccccc1Oc1cc(Cl)nc(N)n1. The molecule has 2 rings (SSSR count). The zero-order chi connectivity index (χ0) is 13.0. The Morgan fingerprint density at radius 2 is 1.94 bits per heavy atom. The molecule has 2 N–H and O–H groups in total. The molecule has 0 saturated carbocycles. The van der Waals surface area contributed by atoms with Crippen molar-refractivity contribution in [3.05, 3.63) is 35.5 Å². The average Bonchev–Trinajstić information content (AvgIpc) is 2.30. The molecule has 0 atom stereocenters. The predicted molar refractivity (Wildman–Crippen MR) is 69.1 cm³/mol. The van der Waals surface area contributed by atoms with Crippen LogP contribution in [0.15, 0.2) is 30.3 Å². The molecule has 0 aliphatic carbocycles. The van der Waals surface area contributed by atoms with E-state index in [0.29, 0.717) is 18.1 Å². The highest BCUT2D eigenvalue weighted by Crippen LogP contribution is 2.31. The van der Waals surface area contributed by atoms with Gasteiger partial charge in [0, 0.05) is 6.07 Å². The topological polar surface area (TPSA) is 70.3 Å². The second kappa shape index (κ2) is 5.55. The molecule has 0 amide bonds. The van der Waals surface area contributed by atoms with E-state index in [2.05, 4.69) is 9.97 Å². The van der Waals surface area contributed by atoms with Crippen LogP contribution in [0.1, 0.15) is 6.92 Å². The molecule has 2 aromatic rings. The number of benzene rings is 1. The van der Waals surface area contributed by atoms with Crippen molar-refractivity contribution in [1.29, 1.82) is 0 Å². The first-order chi connectivity index (χ1) is 8.69. The highest BCUT2D eigenvalue weighted by Gasteiger charge is 2.07. The van der Waals surface area contributed by atoms with Crippen LogP contribution >= 0.6 is 11.6 Å². The van der Waals surface area contributed by atoms with Crippen molar-refractivity contribution >= 4 is 17.5 Å². The number of halogens is 1. The van der Waals surface area contributed by atoms with Gasteiger partial charge in [-0.2, -0.15) is 4.98 Å². The van der Waals surface area contributed by atoms with E-state index in [1.54, 1.807) is 6.07 Å². The van der Waals surface area contributed by atoms with E-state index in [9.17, 15) is 0 Å². The Morgan fingerprint density at radius 1 is 1.22 bits per heavy atom. The summed E-state index contributed by atoms with van der Waals surface area (Å²) in [6.07, 6.45) is 0. The second-order valence-electron chi connectivity index (χ2n) is 3.37. The highest BCUT2D eigenvalue weighted by molar-refractivity contribution is 6.29. The lowest BCUT2D eigenvalue weighted by atomic mass is 10.3. The lowest BCUT2D eigenvalue weighted by Crippen LogP contribution is -1.99. The smallest absolute Gasteiger partial charge is 0.225 e. The van der Waals surface area contributed by atoms with Crippen LogP contribution in [0.5, 0.6) is 17.4 Å². The van der Waals surface area contributed by atoms with Crippen molar-refractivity contribution in [3.63, 3.8) is 0 Å². The summed E-state index contributed by atoms with van der Waals surface area (Å²) in [6.45, 7) is 2.45. The molecule has 0 aliphatic rings. The van der Waals surface area contributed by atoms with E-state index < -0.39 is 0 Å². The van der Waals surface area contributed by atoms with E-state index in [-0.39, 0.29) is 17.0 Å². The Hall–Kier alpha value is -2.01. The van der Waals surface area contributed by atoms with Gasteiger partial charge < -0.3 is 15.2 Å². The summed E-state index contributed by atoms with van der Waals surface area (Å²) in [6, 6.07) is 8.77. The zero-order valence-corrected chi connectivity index (χ0v) is 10.5. The van der Waals surface area contributed by atoms with Crippen molar-refractivity contribution in [1.82, 2.24) is 9.97 Å². The third kappa shape index (κ3) is 3.01. The monoisotopic (exact) mass is 265 g/mol. The van der Waals surface area contributed by atoms with E-state index in [4.69, 9.17) is 26.8 Å². The summed E-state index contributed by atoms with van der Waals surface area (Å²) in [5.74, 6) is 1.52. The third-order valence-electron chi connectivity index (χ3n) is 2.05. The molecule has 0 bridgehead atoms. The summed E-state index contributed by atoms with van der Waals surface area (Å²) >= 11 is 5.77. The fourth-order valence-corrected chi connectivity index (χ4v) is 1.57. The van der Waals surface area contributed by atoms with Crippen LogP contribution in [0.25, 0.3) is 0 Å². The number of anilines is 1. The molecule has 1 heterocycles. The standard InChI is InChI=1S/C12H12ClN3O2/c1-2-17-8-5-3-4-6-9(8)18-11-7-10(13)15-12(14)16-11/h3-7H,2H2,1H3,(H2,14,15,16). The first-order valence-electron chi connectivity index (χ1n) is 5.38. The number of nitrogen functional groups attached to an aromatic ring is 1. The van der Waals surface area contributed by atoms with Crippen LogP contribution in [0.4, 0.5) is 5.95 Å². The van der Waals surface area contributed by atoms with Crippen LogP contribution in [0.3, 0.4) is 0 Å². The quantitative estimate of drug-likeness (QED) is 0.861. The Kier molecular flexibility index (Phi) is 3.84. The Morgan fingerprint density at radius 3 is 2.61 bits per heavy atom. The van der Waals surface area contributed by atoms with Gasteiger partial charge in [0.2, 0.25) is 11.8 Å². The van der Waals surface area contributed by atoms with Crippen LogP contribution in [0.2, 0.25) is 5.15 Å². The first kappa shape index (κ1) is 12.4. The van der Waals surface area contributed by atoms with Crippen molar-refractivity contribution in [2.75, 3.05) is 12.3 Å². The molecule has 1 aromatic heterocycles. The molecule has 18 heavy (non-hydrogen) atoms. The van der Waals surface area contributed by atoms with Crippen molar-refractivity contribution < 1.29 is 9.47 Å². The number of ether oxygens (including phenoxy) is 2. The highest BCUT2D eigenvalue weighted by atomic mass is 35.5. The maximum absolute atomic E-state index is 5.77. The van der Waals surface area contributed by atoms with Crippen molar-refractivity contribution in [3.8, 4) is 17.4 Å². The molecule has 6 heteroatoms. The van der Waals surface area contributed by atoms with Gasteiger partial charge in [0.05, 0.1) is 6.61 Å². The number of rotatable bonds is 4. The lowest BCUT2D eigenvalue weighted by molar-refractivity contribution is 0.319. The summed E-state index contributed by atoms with van der Waals surface area (Å²) in [7, 11) is 0. The molecular weight excluding hydrogens is 254 g/mol. The van der Waals surface area contributed by atoms with Crippen molar-refractivity contribution in [2.45, 2.75) is 6.92 Å². The van der Waals surface area contributed by atoms with Crippen LogP contribution in [-0.4, -0.2) is 16.6 Å². The molecule has 5 nitrogen and oxygen atoms in total. The van der Waals surface area contributed by atoms with Gasteiger partial charge >= 0.3 is 0 Å². The van der Waals surface area contributed by atoms with Crippen LogP contribution in [-0.2, 0) is 0 Å². The normalized spacial score (nSPS) is 10.1. The minimum Gasteiger partial charge on any atom is -0.490 e. The number of hydrogen-bond acceptors (Lipinski definition) is 5.